The number of nitrogens with two attached hydrogens (primary N) is 1. The van der Waals surface area contributed by atoms with Crippen molar-refractivity contribution >= 4 is 11.3 Å². The molecule has 1 heterocycles. The highest BCUT2D eigenvalue weighted by Crippen LogP contribution is 2.34. The Morgan fingerprint density at radius 3 is 2.80 bits per heavy atom. The van der Waals surface area contributed by atoms with E-state index < -0.39 is 0 Å². The molecule has 0 aliphatic heterocycles. The van der Waals surface area contributed by atoms with Crippen LogP contribution in [0.1, 0.15) is 43.9 Å². The molecule has 1 saturated carbocycles. The second kappa shape index (κ2) is 4.62. The quantitative estimate of drug-likeness (QED) is 0.857. The van der Waals surface area contributed by atoms with E-state index in [4.69, 9.17) is 5.73 Å². The minimum absolute atomic E-state index is 0.0538. The molecule has 1 aliphatic rings. The molecule has 15 heavy (non-hydrogen) atoms. The molecule has 0 saturated heterocycles. The van der Waals surface area contributed by atoms with Crippen molar-refractivity contribution in [3.8, 4) is 0 Å². The summed E-state index contributed by atoms with van der Waals surface area (Å²) in [7, 11) is 0. The van der Waals surface area contributed by atoms with Gasteiger partial charge in [0.25, 0.3) is 0 Å². The van der Waals surface area contributed by atoms with Crippen molar-refractivity contribution in [2.45, 2.75) is 51.0 Å². The first-order valence-corrected chi connectivity index (χ1v) is 6.76. The van der Waals surface area contributed by atoms with Gasteiger partial charge in [0.2, 0.25) is 0 Å². The summed E-state index contributed by atoms with van der Waals surface area (Å²) in [5.74, 6) is 0.920. The maximum Gasteiger partial charge on any atom is 0.0794 e. The van der Waals surface area contributed by atoms with Gasteiger partial charge in [-0.1, -0.05) is 13.3 Å². The molecule has 1 fully saturated rings. The Kier molecular flexibility index (Phi) is 3.42. The maximum atomic E-state index is 6.45. The van der Waals surface area contributed by atoms with Crippen molar-refractivity contribution in [1.29, 1.82) is 0 Å². The third kappa shape index (κ3) is 2.79. The van der Waals surface area contributed by atoms with E-state index >= 15 is 0 Å². The van der Waals surface area contributed by atoms with Crippen LogP contribution < -0.4 is 5.73 Å². The standard InChI is InChI=1S/C12H20N2S/c1-2-10-3-5-12(13,6-4-10)7-11-8-14-9-15-11/h8-10H,2-7,13H2,1H3. The summed E-state index contributed by atoms with van der Waals surface area (Å²) in [5.41, 5.74) is 8.40. The Labute approximate surface area is 95.9 Å². The molecule has 0 aromatic carbocycles. The van der Waals surface area contributed by atoms with Gasteiger partial charge in [-0.25, -0.2) is 0 Å². The summed E-state index contributed by atoms with van der Waals surface area (Å²) >= 11 is 1.73. The van der Waals surface area contributed by atoms with Gasteiger partial charge in [-0.05, 0) is 31.6 Å². The predicted molar refractivity (Wildman–Crippen MR) is 65.0 cm³/mol. The van der Waals surface area contributed by atoms with E-state index in [1.165, 1.54) is 37.0 Å². The van der Waals surface area contributed by atoms with E-state index in [9.17, 15) is 0 Å². The molecule has 0 radical (unpaired) electrons. The zero-order valence-electron chi connectivity index (χ0n) is 9.41. The van der Waals surface area contributed by atoms with Gasteiger partial charge in [-0.3, -0.25) is 4.98 Å². The fourth-order valence-corrected chi connectivity index (χ4v) is 3.26. The summed E-state index contributed by atoms with van der Waals surface area (Å²) in [6.45, 7) is 2.29. The molecule has 1 aliphatic carbocycles. The zero-order chi connectivity index (χ0) is 10.7. The molecule has 0 atom stereocenters. The second-order valence-corrected chi connectivity index (χ2v) is 5.83. The van der Waals surface area contributed by atoms with Gasteiger partial charge in [0, 0.05) is 23.0 Å². The number of thiazole rings is 1. The van der Waals surface area contributed by atoms with E-state index in [1.807, 2.05) is 11.7 Å². The lowest BCUT2D eigenvalue weighted by molar-refractivity contribution is 0.229. The van der Waals surface area contributed by atoms with Gasteiger partial charge in [0.1, 0.15) is 0 Å². The second-order valence-electron chi connectivity index (χ2n) is 4.86. The first kappa shape index (κ1) is 11.1. The lowest BCUT2D eigenvalue weighted by atomic mass is 9.74. The van der Waals surface area contributed by atoms with Crippen LogP contribution in [-0.4, -0.2) is 10.5 Å². The predicted octanol–water partition coefficient (Wildman–Crippen LogP) is 2.98. The lowest BCUT2D eigenvalue weighted by Gasteiger charge is -2.36. The number of nitrogens with zero attached hydrogens (tertiary/aromatic N) is 1. The third-order valence-electron chi connectivity index (χ3n) is 3.69. The molecule has 0 bridgehead atoms. The first-order valence-electron chi connectivity index (χ1n) is 5.88. The lowest BCUT2D eigenvalue weighted by Crippen LogP contribution is -2.45. The molecule has 84 valence electrons. The molecular weight excluding hydrogens is 204 g/mol. The van der Waals surface area contributed by atoms with Gasteiger partial charge >= 0.3 is 0 Å². The fourth-order valence-electron chi connectivity index (χ4n) is 2.51. The maximum absolute atomic E-state index is 6.45. The molecule has 1 aromatic rings. The van der Waals surface area contributed by atoms with Crippen LogP contribution in [0.2, 0.25) is 0 Å². The van der Waals surface area contributed by atoms with Crippen molar-refractivity contribution in [3.63, 3.8) is 0 Å². The Hall–Kier alpha value is -0.410. The van der Waals surface area contributed by atoms with E-state index in [0.717, 1.165) is 12.3 Å². The SMILES string of the molecule is CCC1CCC(N)(Cc2cncs2)CC1. The van der Waals surface area contributed by atoms with Crippen LogP contribution in [0, 0.1) is 5.92 Å². The average molecular weight is 224 g/mol. The van der Waals surface area contributed by atoms with Crippen molar-refractivity contribution in [2.24, 2.45) is 11.7 Å². The van der Waals surface area contributed by atoms with E-state index in [0.29, 0.717) is 0 Å². The number of hydrogen-bond acceptors (Lipinski definition) is 3. The summed E-state index contributed by atoms with van der Waals surface area (Å²) in [6.07, 6.45) is 9.29. The fraction of sp³-hybridized carbons (Fsp3) is 0.750. The molecule has 2 rings (SSSR count). The van der Waals surface area contributed by atoms with Crippen LogP contribution in [0.25, 0.3) is 0 Å². The van der Waals surface area contributed by atoms with Crippen molar-refractivity contribution in [3.05, 3.63) is 16.6 Å². The highest BCUT2D eigenvalue weighted by atomic mass is 32.1. The van der Waals surface area contributed by atoms with Crippen LogP contribution in [0.4, 0.5) is 0 Å². The van der Waals surface area contributed by atoms with Crippen molar-refractivity contribution < 1.29 is 0 Å². The molecule has 0 amide bonds. The van der Waals surface area contributed by atoms with E-state index in [2.05, 4.69) is 11.9 Å². The van der Waals surface area contributed by atoms with Gasteiger partial charge in [-0.2, -0.15) is 0 Å². The van der Waals surface area contributed by atoms with Crippen LogP contribution in [0.3, 0.4) is 0 Å². The van der Waals surface area contributed by atoms with Crippen molar-refractivity contribution in [1.82, 2.24) is 4.98 Å². The van der Waals surface area contributed by atoms with E-state index in [-0.39, 0.29) is 5.54 Å². The van der Waals surface area contributed by atoms with Crippen LogP contribution in [-0.2, 0) is 6.42 Å². The summed E-state index contributed by atoms with van der Waals surface area (Å²) < 4.78 is 0. The first-order chi connectivity index (χ1) is 7.22. The molecule has 0 unspecified atom stereocenters. The normalized spacial score (nSPS) is 31.7. The zero-order valence-corrected chi connectivity index (χ0v) is 10.2. The minimum Gasteiger partial charge on any atom is -0.325 e. The Balaban J connectivity index is 1.92. The molecular formula is C12H20N2S. The van der Waals surface area contributed by atoms with Crippen molar-refractivity contribution in [2.75, 3.05) is 0 Å². The van der Waals surface area contributed by atoms with Gasteiger partial charge in [0.05, 0.1) is 5.51 Å². The number of hydrogen-bond donors (Lipinski definition) is 1. The summed E-state index contributed by atoms with van der Waals surface area (Å²) in [5, 5.41) is 0. The number of aromatic nitrogens is 1. The highest BCUT2D eigenvalue weighted by molar-refractivity contribution is 7.09. The Morgan fingerprint density at radius 2 is 2.27 bits per heavy atom. The Morgan fingerprint density at radius 1 is 1.53 bits per heavy atom. The molecule has 2 N–H and O–H groups in total. The smallest absolute Gasteiger partial charge is 0.0794 e. The number of rotatable bonds is 3. The minimum atomic E-state index is 0.0538. The highest BCUT2D eigenvalue weighted by Gasteiger charge is 2.31. The average Bonchev–Trinajstić information content (AvgIpc) is 2.71. The molecule has 0 spiro atoms. The monoisotopic (exact) mass is 224 g/mol. The molecule has 2 nitrogen and oxygen atoms in total. The van der Waals surface area contributed by atoms with Gasteiger partial charge < -0.3 is 5.73 Å². The van der Waals surface area contributed by atoms with Crippen LogP contribution >= 0.6 is 11.3 Å². The van der Waals surface area contributed by atoms with Crippen LogP contribution in [0.15, 0.2) is 11.7 Å². The van der Waals surface area contributed by atoms with Crippen LogP contribution in [0.5, 0.6) is 0 Å². The summed E-state index contributed by atoms with van der Waals surface area (Å²) in [4.78, 5) is 5.45. The topological polar surface area (TPSA) is 38.9 Å². The molecule has 3 heteroatoms. The van der Waals surface area contributed by atoms with E-state index in [1.54, 1.807) is 11.3 Å². The van der Waals surface area contributed by atoms with Gasteiger partial charge in [0.15, 0.2) is 0 Å². The Bertz CT molecular complexity index is 287. The molecule has 1 aromatic heterocycles. The largest absolute Gasteiger partial charge is 0.325 e. The third-order valence-corrected chi connectivity index (χ3v) is 4.47. The van der Waals surface area contributed by atoms with Gasteiger partial charge in [-0.15, -0.1) is 11.3 Å². The summed E-state index contributed by atoms with van der Waals surface area (Å²) in [6, 6.07) is 0.